The minimum atomic E-state index is -4.73. The molecule has 1 saturated heterocycles. The minimum Gasteiger partial charge on any atom is -0.392 e. The highest BCUT2D eigenvalue weighted by atomic mass is 32.2. The van der Waals surface area contributed by atoms with Gasteiger partial charge in [-0.05, 0) is 18.9 Å². The zero-order valence-electron chi connectivity index (χ0n) is 17.4. The van der Waals surface area contributed by atoms with E-state index in [1.165, 1.54) is 0 Å². The van der Waals surface area contributed by atoms with E-state index in [9.17, 15) is 39.2 Å². The van der Waals surface area contributed by atoms with E-state index in [1.807, 2.05) is 0 Å². The molecule has 0 amide bonds. The quantitative estimate of drug-likeness (QED) is 0.499. The van der Waals surface area contributed by atoms with Crippen molar-refractivity contribution in [1.82, 2.24) is 23.9 Å². The molecule has 3 N–H and O–H groups in total. The van der Waals surface area contributed by atoms with Crippen LogP contribution in [0.25, 0.3) is 16.9 Å². The van der Waals surface area contributed by atoms with E-state index in [-0.39, 0.29) is 36.3 Å². The molecule has 0 radical (unpaired) electrons. The number of nitrogens with two attached hydrogens (primary N) is 1. The number of nitrogens with zero attached hydrogens (tertiary/aromatic N) is 5. The lowest BCUT2D eigenvalue weighted by molar-refractivity contribution is -0.138. The van der Waals surface area contributed by atoms with Crippen molar-refractivity contribution in [3.05, 3.63) is 41.7 Å². The van der Waals surface area contributed by atoms with Crippen LogP contribution in [0.5, 0.6) is 0 Å². The third-order valence-corrected chi connectivity index (χ3v) is 6.34. The van der Waals surface area contributed by atoms with Crippen molar-refractivity contribution >= 4 is 21.5 Å². The molecule has 9 nitrogen and oxygen atoms in total. The molecular formula is C18H17F7N6O3S. The van der Waals surface area contributed by atoms with Gasteiger partial charge in [0, 0.05) is 25.4 Å². The molecule has 1 aliphatic rings. The zero-order chi connectivity index (χ0) is 26.1. The lowest BCUT2D eigenvalue weighted by Crippen LogP contribution is -2.44. The first kappa shape index (κ1) is 26.6. The van der Waals surface area contributed by atoms with Crippen molar-refractivity contribution in [3.63, 3.8) is 0 Å². The lowest BCUT2D eigenvalue weighted by atomic mass is 10.1. The van der Waals surface area contributed by atoms with E-state index in [0.717, 1.165) is 16.8 Å². The van der Waals surface area contributed by atoms with E-state index in [1.54, 1.807) is 0 Å². The summed E-state index contributed by atoms with van der Waals surface area (Å²) >= 11 is 0. The van der Waals surface area contributed by atoms with Crippen molar-refractivity contribution in [2.75, 3.05) is 18.8 Å². The third-order valence-electron chi connectivity index (χ3n) is 4.84. The van der Waals surface area contributed by atoms with Gasteiger partial charge in [-0.1, -0.05) is 0 Å². The van der Waals surface area contributed by atoms with Crippen molar-refractivity contribution < 1.29 is 44.3 Å². The molecule has 1 atom stereocenters. The van der Waals surface area contributed by atoms with Gasteiger partial charge in [-0.15, -0.1) is 5.10 Å². The van der Waals surface area contributed by atoms with Gasteiger partial charge in [-0.3, -0.25) is 4.98 Å². The summed E-state index contributed by atoms with van der Waals surface area (Å²) in [6.45, 7) is -0.142. The van der Waals surface area contributed by atoms with Gasteiger partial charge < -0.3 is 10.8 Å². The number of aliphatic hydroxyl groups excluding tert-OH is 1. The van der Waals surface area contributed by atoms with Crippen LogP contribution in [-0.2, 0) is 16.2 Å². The zero-order valence-corrected chi connectivity index (χ0v) is 18.2. The summed E-state index contributed by atoms with van der Waals surface area (Å²) in [5.41, 5.74) is 3.36. The molecule has 1 fully saturated rings. The molecular weight excluding hydrogens is 513 g/mol. The summed E-state index contributed by atoms with van der Waals surface area (Å²) in [5.74, 6) is -5.64. The van der Waals surface area contributed by atoms with Gasteiger partial charge >= 0.3 is 11.9 Å². The molecule has 0 bridgehead atoms. The Balaban J connectivity index is 0.000000225. The number of anilines is 1. The highest BCUT2D eigenvalue weighted by molar-refractivity contribution is 7.89. The largest absolute Gasteiger partial charge is 0.417 e. The Morgan fingerprint density at radius 1 is 1.11 bits per heavy atom. The average Bonchev–Trinajstić information content (AvgIpc) is 3.08. The first-order chi connectivity index (χ1) is 16.2. The number of alkyl halides is 5. The van der Waals surface area contributed by atoms with Crippen LogP contribution in [0.1, 0.15) is 18.4 Å². The first-order valence-electron chi connectivity index (χ1n) is 9.70. The number of halogens is 7. The summed E-state index contributed by atoms with van der Waals surface area (Å²) in [4.78, 5) is 7.01. The van der Waals surface area contributed by atoms with Crippen molar-refractivity contribution in [2.24, 2.45) is 0 Å². The number of rotatable bonds is 3. The van der Waals surface area contributed by atoms with Crippen LogP contribution in [0, 0.1) is 11.6 Å². The molecule has 4 heterocycles. The van der Waals surface area contributed by atoms with Gasteiger partial charge in [0.1, 0.15) is 11.2 Å². The second-order valence-corrected chi connectivity index (χ2v) is 9.21. The molecule has 0 spiro atoms. The molecule has 1 unspecified atom stereocenters. The molecule has 3 aromatic rings. The fraction of sp³-hybridized carbons (Fsp3) is 0.389. The molecule has 0 aliphatic carbocycles. The van der Waals surface area contributed by atoms with E-state index < -0.39 is 51.0 Å². The van der Waals surface area contributed by atoms with Crippen LogP contribution in [0.3, 0.4) is 0 Å². The van der Waals surface area contributed by atoms with Gasteiger partial charge in [0.25, 0.3) is 10.0 Å². The Morgan fingerprint density at radius 3 is 2.37 bits per heavy atom. The van der Waals surface area contributed by atoms with Crippen molar-refractivity contribution in [2.45, 2.75) is 30.9 Å². The summed E-state index contributed by atoms with van der Waals surface area (Å²) in [6, 6.07) is 1.17. The lowest BCUT2D eigenvalue weighted by Gasteiger charge is -2.28. The van der Waals surface area contributed by atoms with E-state index in [0.29, 0.717) is 23.3 Å². The number of aromatic nitrogens is 4. The van der Waals surface area contributed by atoms with Gasteiger partial charge in [-0.2, -0.15) is 26.3 Å². The van der Waals surface area contributed by atoms with Crippen LogP contribution in [-0.4, -0.2) is 62.4 Å². The maximum atomic E-state index is 13.9. The standard InChI is InChI=1S/C12H6F5N5.C6H11F2NO3S/c13-6-2-8(22-9(6)4-20-11(18)21-22)10-7(14)1-5(3-19-10)12(15,16)17;7-6(8)13(11,12)9-3-1-2-5(10)4-9/h1-4H,(H2,18,21);5-6,10H,1-4H2. The summed E-state index contributed by atoms with van der Waals surface area (Å²) in [7, 11) is -4.49. The van der Waals surface area contributed by atoms with Gasteiger partial charge in [0.05, 0.1) is 23.6 Å². The highest BCUT2D eigenvalue weighted by Crippen LogP contribution is 2.32. The molecule has 3 aromatic heterocycles. The first-order valence-corrected chi connectivity index (χ1v) is 11.2. The maximum Gasteiger partial charge on any atom is 0.417 e. The number of sulfonamides is 1. The van der Waals surface area contributed by atoms with Crippen LogP contribution in [0.2, 0.25) is 0 Å². The monoisotopic (exact) mass is 530 g/mol. The molecule has 35 heavy (non-hydrogen) atoms. The number of nitrogen functional groups attached to an aromatic ring is 1. The summed E-state index contributed by atoms with van der Waals surface area (Å²) < 4.78 is 113. The second kappa shape index (κ2) is 9.90. The number of pyridine rings is 1. The minimum absolute atomic E-state index is 0.0731. The fourth-order valence-corrected chi connectivity index (χ4v) is 4.17. The van der Waals surface area contributed by atoms with Crippen LogP contribution >= 0.6 is 0 Å². The number of hydrogen-bond acceptors (Lipinski definition) is 7. The van der Waals surface area contributed by atoms with E-state index >= 15 is 0 Å². The number of β-amino-alcohol motifs (C(OH)–C–C–N with tert-alkyl or cyclic N) is 1. The number of fused-ring (bicyclic) bond motifs is 1. The average molecular weight is 530 g/mol. The predicted molar refractivity (Wildman–Crippen MR) is 107 cm³/mol. The Morgan fingerprint density at radius 2 is 1.80 bits per heavy atom. The molecule has 192 valence electrons. The summed E-state index contributed by atoms with van der Waals surface area (Å²) in [6.07, 6.45) is -3.13. The van der Waals surface area contributed by atoms with Crippen LogP contribution in [0.15, 0.2) is 24.5 Å². The Kier molecular flexibility index (Phi) is 7.51. The highest BCUT2D eigenvalue weighted by Gasteiger charge is 2.35. The van der Waals surface area contributed by atoms with Gasteiger partial charge in [0.15, 0.2) is 11.6 Å². The van der Waals surface area contributed by atoms with Crippen molar-refractivity contribution in [3.8, 4) is 11.4 Å². The maximum absolute atomic E-state index is 13.9. The summed E-state index contributed by atoms with van der Waals surface area (Å²) in [5, 5.41) is 12.8. The number of hydrogen-bond donors (Lipinski definition) is 2. The third kappa shape index (κ3) is 5.79. The van der Waals surface area contributed by atoms with Crippen molar-refractivity contribution in [1.29, 1.82) is 0 Å². The number of aliphatic hydroxyl groups is 1. The smallest absolute Gasteiger partial charge is 0.392 e. The topological polar surface area (TPSA) is 127 Å². The predicted octanol–water partition coefficient (Wildman–Crippen LogP) is 2.67. The molecule has 17 heteroatoms. The fourth-order valence-electron chi connectivity index (χ4n) is 3.18. The van der Waals surface area contributed by atoms with Gasteiger partial charge in [-0.25, -0.2) is 26.7 Å². The van der Waals surface area contributed by atoms with Gasteiger partial charge in [0.2, 0.25) is 5.95 Å². The Bertz CT molecular complexity index is 1320. The molecule has 0 aromatic carbocycles. The molecule has 1 aliphatic heterocycles. The van der Waals surface area contributed by atoms with E-state index in [4.69, 9.17) is 10.8 Å². The molecule has 4 rings (SSSR count). The van der Waals surface area contributed by atoms with Crippen LogP contribution in [0.4, 0.5) is 36.7 Å². The van der Waals surface area contributed by atoms with E-state index in [2.05, 4.69) is 15.1 Å². The second-order valence-electron chi connectivity index (χ2n) is 7.30. The SMILES string of the molecule is Nc1ncc2c(F)cc(-c3ncc(C(F)(F)F)cc3F)n2n1.O=S(=O)(C(F)F)N1CCCC(O)C1. The number of piperidine rings is 1. The Hall–Kier alpha value is -3.05. The normalized spacial score (nSPS) is 17.5. The molecule has 0 saturated carbocycles. The van der Waals surface area contributed by atoms with Crippen LogP contribution < -0.4 is 5.73 Å². The Labute approximate surface area is 193 Å².